The minimum Gasteiger partial charge on any atom is -0.457 e. The van der Waals surface area contributed by atoms with Crippen LogP contribution in [0.3, 0.4) is 0 Å². The molecule has 5 nitrogen and oxygen atoms in total. The predicted molar refractivity (Wildman–Crippen MR) is 230 cm³/mol. The summed E-state index contributed by atoms with van der Waals surface area (Å²) in [6.07, 6.45) is 2.21. The first kappa shape index (κ1) is 40.9. The van der Waals surface area contributed by atoms with Gasteiger partial charge in [0, 0.05) is 22.0 Å². The van der Waals surface area contributed by atoms with E-state index in [2.05, 4.69) is 76.2 Å². The van der Waals surface area contributed by atoms with Gasteiger partial charge in [-0.1, -0.05) is 137 Å². The third-order valence-corrected chi connectivity index (χ3v) is 11.7. The molecule has 5 heteroatoms. The molecule has 0 spiro atoms. The molecular weight excluding hydrogens is 705 g/mol. The molecule has 6 rings (SSSR count). The van der Waals surface area contributed by atoms with E-state index >= 15 is 0 Å². The van der Waals surface area contributed by atoms with Crippen molar-refractivity contribution in [3.8, 4) is 23.0 Å². The fourth-order valence-electron chi connectivity index (χ4n) is 7.60. The highest BCUT2D eigenvalue weighted by atomic mass is 16.5. The largest absolute Gasteiger partial charge is 0.457 e. The van der Waals surface area contributed by atoms with Gasteiger partial charge >= 0.3 is 0 Å². The number of carbonyl (C=O) groups is 2. The summed E-state index contributed by atoms with van der Waals surface area (Å²) in [5.41, 5.74) is 4.87. The molecule has 0 aliphatic heterocycles. The lowest BCUT2D eigenvalue weighted by atomic mass is 9.70. The molecule has 0 saturated heterocycles. The number of ketones is 2. The number of rotatable bonds is 18. The average molecular weight is 759 g/mol. The normalized spacial score (nSPS) is 14.4. The van der Waals surface area contributed by atoms with E-state index in [1.165, 1.54) is 0 Å². The number of carbonyl (C=O) groups excluding carboxylic acids is 2. The van der Waals surface area contributed by atoms with Crippen LogP contribution in [0.2, 0.25) is 0 Å². The first-order chi connectivity index (χ1) is 27.5. The molecule has 57 heavy (non-hydrogen) atoms. The van der Waals surface area contributed by atoms with Crippen LogP contribution in [-0.2, 0) is 28.4 Å². The smallest absolute Gasteiger partial charge is 0.159 e. The van der Waals surface area contributed by atoms with E-state index in [-0.39, 0.29) is 23.8 Å². The standard InChI is InChI=1S/C52H54O5/c1-7-51(5,43-29-25-41(26-30-43)37(3)53)49(35-39-17-15-23-47(33-39)55-45-19-11-9-12-20-45)57-50(52(6,8-2)44-31-27-42(28-32-44)38(4)54)36-40-18-16-24-48(34-40)56-46-21-13-10-14-22-46/h9-34,49-50H,7-8,35-36H2,1-6H3. The van der Waals surface area contributed by atoms with Gasteiger partial charge in [0.15, 0.2) is 11.6 Å². The molecule has 0 radical (unpaired) electrons. The lowest BCUT2D eigenvalue weighted by Crippen LogP contribution is -2.48. The molecular formula is C52H54O5. The maximum atomic E-state index is 12.3. The zero-order chi connectivity index (χ0) is 40.4. The highest BCUT2D eigenvalue weighted by Crippen LogP contribution is 2.42. The number of Topliss-reactive ketones (excluding diaryl/α,β-unsaturated/α-hetero) is 2. The summed E-state index contributed by atoms with van der Waals surface area (Å²) in [5, 5.41) is 0. The Labute approximate surface area is 338 Å². The summed E-state index contributed by atoms with van der Waals surface area (Å²) < 4.78 is 20.3. The van der Waals surface area contributed by atoms with Crippen LogP contribution in [-0.4, -0.2) is 23.8 Å². The molecule has 4 unspecified atom stereocenters. The van der Waals surface area contributed by atoms with Gasteiger partial charge in [0.05, 0.1) is 12.2 Å². The van der Waals surface area contributed by atoms with Crippen molar-refractivity contribution in [1.29, 1.82) is 0 Å². The van der Waals surface area contributed by atoms with Gasteiger partial charge in [-0.3, -0.25) is 9.59 Å². The summed E-state index contributed by atoms with van der Waals surface area (Å²) in [5.74, 6) is 3.15. The molecule has 6 aromatic carbocycles. The molecule has 6 aromatic rings. The van der Waals surface area contributed by atoms with Gasteiger partial charge in [-0.05, 0) is 110 Å². The van der Waals surface area contributed by atoms with E-state index in [9.17, 15) is 9.59 Å². The second-order valence-corrected chi connectivity index (χ2v) is 15.5. The van der Waals surface area contributed by atoms with Crippen molar-refractivity contribution in [1.82, 2.24) is 0 Å². The monoisotopic (exact) mass is 758 g/mol. The van der Waals surface area contributed by atoms with E-state index < -0.39 is 10.8 Å². The maximum Gasteiger partial charge on any atom is 0.159 e. The van der Waals surface area contributed by atoms with Gasteiger partial charge in [0.2, 0.25) is 0 Å². The second-order valence-electron chi connectivity index (χ2n) is 15.5. The van der Waals surface area contributed by atoms with Crippen molar-refractivity contribution in [2.75, 3.05) is 0 Å². The van der Waals surface area contributed by atoms with E-state index in [1.807, 2.05) is 109 Å². The van der Waals surface area contributed by atoms with Crippen molar-refractivity contribution >= 4 is 11.6 Å². The van der Waals surface area contributed by atoms with Crippen LogP contribution in [0, 0.1) is 0 Å². The van der Waals surface area contributed by atoms with Gasteiger partial charge < -0.3 is 14.2 Å². The first-order valence-electron chi connectivity index (χ1n) is 20.0. The Morgan fingerprint density at radius 2 is 0.825 bits per heavy atom. The zero-order valence-corrected chi connectivity index (χ0v) is 34.0. The van der Waals surface area contributed by atoms with Crippen molar-refractivity contribution in [2.24, 2.45) is 0 Å². The first-order valence-corrected chi connectivity index (χ1v) is 20.0. The Kier molecular flexibility index (Phi) is 13.2. The minimum atomic E-state index is -0.449. The van der Waals surface area contributed by atoms with E-state index in [0.29, 0.717) is 24.0 Å². The number of hydrogen-bond acceptors (Lipinski definition) is 5. The van der Waals surface area contributed by atoms with Crippen molar-refractivity contribution in [3.63, 3.8) is 0 Å². The summed E-state index contributed by atoms with van der Waals surface area (Å²) >= 11 is 0. The summed E-state index contributed by atoms with van der Waals surface area (Å²) in [4.78, 5) is 24.7. The number of benzene rings is 6. The molecule has 0 aliphatic carbocycles. The Balaban J connectivity index is 1.44. The van der Waals surface area contributed by atoms with Crippen LogP contribution in [0.1, 0.15) is 97.4 Å². The zero-order valence-electron chi connectivity index (χ0n) is 34.0. The lowest BCUT2D eigenvalue weighted by Gasteiger charge is -2.45. The van der Waals surface area contributed by atoms with E-state index in [0.717, 1.165) is 58.1 Å². The summed E-state index contributed by atoms with van der Waals surface area (Å²) in [6, 6.07) is 52.3. The molecule has 0 heterocycles. The number of ether oxygens (including phenoxy) is 3. The molecule has 0 aromatic heterocycles. The van der Waals surface area contributed by atoms with Crippen molar-refractivity contribution in [2.45, 2.75) is 90.3 Å². The van der Waals surface area contributed by atoms with E-state index in [1.54, 1.807) is 13.8 Å². The number of para-hydroxylation sites is 2. The molecule has 0 bridgehead atoms. The van der Waals surface area contributed by atoms with Crippen LogP contribution in [0.15, 0.2) is 158 Å². The highest BCUT2D eigenvalue weighted by Gasteiger charge is 2.42. The average Bonchev–Trinajstić information content (AvgIpc) is 3.23. The molecule has 0 amide bonds. The minimum absolute atomic E-state index is 0.0378. The van der Waals surface area contributed by atoms with Gasteiger partial charge in [0.1, 0.15) is 23.0 Å². The molecule has 0 N–H and O–H groups in total. The molecule has 0 fully saturated rings. The van der Waals surface area contributed by atoms with Gasteiger partial charge in [0.25, 0.3) is 0 Å². The Hall–Kier alpha value is -5.78. The summed E-state index contributed by atoms with van der Waals surface area (Å²) in [7, 11) is 0. The summed E-state index contributed by atoms with van der Waals surface area (Å²) in [6.45, 7) is 12.2. The Morgan fingerprint density at radius 3 is 1.16 bits per heavy atom. The topological polar surface area (TPSA) is 61.8 Å². The molecule has 0 saturated carbocycles. The van der Waals surface area contributed by atoms with Crippen LogP contribution in [0.4, 0.5) is 0 Å². The third-order valence-electron chi connectivity index (χ3n) is 11.7. The fourth-order valence-corrected chi connectivity index (χ4v) is 7.60. The highest BCUT2D eigenvalue weighted by molar-refractivity contribution is 5.94. The molecule has 292 valence electrons. The van der Waals surface area contributed by atoms with Crippen LogP contribution in [0.25, 0.3) is 0 Å². The van der Waals surface area contributed by atoms with Gasteiger partial charge in [-0.15, -0.1) is 0 Å². The molecule has 4 atom stereocenters. The quantitative estimate of drug-likeness (QED) is 0.0817. The van der Waals surface area contributed by atoms with E-state index in [4.69, 9.17) is 14.2 Å². The van der Waals surface area contributed by atoms with Crippen molar-refractivity contribution < 1.29 is 23.8 Å². The third kappa shape index (κ3) is 9.97. The maximum absolute atomic E-state index is 12.3. The SMILES string of the molecule is CCC(C)(c1ccc(C(C)=O)cc1)C(Cc1cccc(Oc2ccccc2)c1)OC(Cc1cccc(Oc2ccccc2)c1)C(C)(CC)c1ccc(C(C)=O)cc1. The van der Waals surface area contributed by atoms with Crippen LogP contribution < -0.4 is 9.47 Å². The van der Waals surface area contributed by atoms with Gasteiger partial charge in [-0.2, -0.15) is 0 Å². The Morgan fingerprint density at radius 1 is 0.474 bits per heavy atom. The Bertz CT molecular complexity index is 2070. The van der Waals surface area contributed by atoms with Crippen LogP contribution >= 0.6 is 0 Å². The fraction of sp³-hybridized carbons (Fsp3) is 0.269. The van der Waals surface area contributed by atoms with Gasteiger partial charge in [-0.25, -0.2) is 0 Å². The predicted octanol–water partition coefficient (Wildman–Crippen LogP) is 13.0. The lowest BCUT2D eigenvalue weighted by molar-refractivity contribution is -0.0840. The van der Waals surface area contributed by atoms with Crippen LogP contribution in [0.5, 0.6) is 23.0 Å². The number of hydrogen-bond donors (Lipinski definition) is 0. The molecule has 0 aliphatic rings. The van der Waals surface area contributed by atoms with Crippen molar-refractivity contribution in [3.05, 3.63) is 191 Å². The second kappa shape index (κ2) is 18.4.